The molecule has 7 heteroatoms. The molecule has 19 heavy (non-hydrogen) atoms. The summed E-state index contributed by atoms with van der Waals surface area (Å²) in [6, 6.07) is 8.25. The molecule has 0 saturated heterocycles. The Morgan fingerprint density at radius 3 is 2.68 bits per heavy atom. The number of rotatable bonds is 4. The summed E-state index contributed by atoms with van der Waals surface area (Å²) in [6.45, 7) is 1.81. The molecule has 0 amide bonds. The minimum Gasteiger partial charge on any atom is -0.266 e. The summed E-state index contributed by atoms with van der Waals surface area (Å²) in [5.74, 6) is 0. The van der Waals surface area contributed by atoms with E-state index in [1.165, 1.54) is 23.6 Å². The Morgan fingerprint density at radius 2 is 2.11 bits per heavy atom. The Balaban J connectivity index is 2.32. The molecule has 5 nitrogen and oxygen atoms in total. The maximum atomic E-state index is 12.3. The number of sulfonamides is 1. The molecule has 1 aromatic carbocycles. The van der Waals surface area contributed by atoms with Gasteiger partial charge < -0.3 is 0 Å². The highest BCUT2D eigenvalue weighted by atomic mass is 35.5. The molecule has 0 radical (unpaired) electrons. The summed E-state index contributed by atoms with van der Waals surface area (Å²) < 4.78 is 25.9. The van der Waals surface area contributed by atoms with Gasteiger partial charge in [-0.15, -0.1) is 0 Å². The molecule has 0 aliphatic carbocycles. The molecule has 1 aromatic heterocycles. The second-order valence-electron chi connectivity index (χ2n) is 4.17. The van der Waals surface area contributed by atoms with E-state index in [1.54, 1.807) is 25.1 Å². The average Bonchev–Trinajstić information content (AvgIpc) is 2.91. The first-order valence-electron chi connectivity index (χ1n) is 5.66. The van der Waals surface area contributed by atoms with Gasteiger partial charge in [-0.2, -0.15) is 9.40 Å². The Morgan fingerprint density at radius 1 is 1.37 bits per heavy atom. The van der Waals surface area contributed by atoms with Crippen LogP contribution in [0.25, 0.3) is 0 Å². The van der Waals surface area contributed by atoms with E-state index in [0.717, 1.165) is 5.56 Å². The van der Waals surface area contributed by atoms with Crippen LogP contribution < -0.4 is 0 Å². The first kappa shape index (κ1) is 14.0. The molecule has 2 aromatic rings. The lowest BCUT2D eigenvalue weighted by atomic mass is 10.1. The maximum Gasteiger partial charge on any atom is 0.260 e. The predicted molar refractivity (Wildman–Crippen MR) is 73.4 cm³/mol. The van der Waals surface area contributed by atoms with E-state index in [2.05, 4.69) is 10.2 Å². The van der Waals surface area contributed by atoms with E-state index < -0.39 is 10.0 Å². The molecule has 1 unspecified atom stereocenters. The molecule has 0 spiro atoms. The largest absolute Gasteiger partial charge is 0.266 e. The Bertz CT molecular complexity index is 655. The van der Waals surface area contributed by atoms with E-state index in [9.17, 15) is 8.42 Å². The van der Waals surface area contributed by atoms with Crippen LogP contribution in [0.2, 0.25) is 5.02 Å². The smallest absolute Gasteiger partial charge is 0.260 e. The molecule has 0 aliphatic heterocycles. The Hall–Kier alpha value is -1.37. The van der Waals surface area contributed by atoms with Crippen molar-refractivity contribution < 1.29 is 8.42 Å². The van der Waals surface area contributed by atoms with Gasteiger partial charge in [0.2, 0.25) is 0 Å². The summed E-state index contributed by atoms with van der Waals surface area (Å²) in [7, 11) is -2.05. The van der Waals surface area contributed by atoms with Gasteiger partial charge in [0.25, 0.3) is 10.0 Å². The molecule has 102 valence electrons. The van der Waals surface area contributed by atoms with Gasteiger partial charge >= 0.3 is 0 Å². The summed E-state index contributed by atoms with van der Waals surface area (Å²) in [5.41, 5.74) is 0.832. The van der Waals surface area contributed by atoms with Gasteiger partial charge in [0, 0.05) is 18.1 Å². The number of hydrogen-bond donors (Lipinski definition) is 1. The van der Waals surface area contributed by atoms with E-state index in [4.69, 9.17) is 11.6 Å². The highest BCUT2D eigenvalue weighted by molar-refractivity contribution is 7.89. The van der Waals surface area contributed by atoms with Gasteiger partial charge in [0.15, 0.2) is 5.03 Å². The lowest BCUT2D eigenvalue weighted by Gasteiger charge is -2.24. The van der Waals surface area contributed by atoms with Crippen molar-refractivity contribution in [2.75, 3.05) is 7.05 Å². The minimum atomic E-state index is -3.58. The van der Waals surface area contributed by atoms with Gasteiger partial charge in [-0.1, -0.05) is 23.7 Å². The van der Waals surface area contributed by atoms with Crippen molar-refractivity contribution in [3.05, 3.63) is 47.1 Å². The zero-order chi connectivity index (χ0) is 14.0. The monoisotopic (exact) mass is 299 g/mol. The predicted octanol–water partition coefficient (Wildman–Crippen LogP) is 2.44. The standard InChI is InChI=1S/C12H14ClN3O2S/c1-9(10-4-3-5-11(13)8-10)16(2)19(17,18)12-6-7-14-15-12/h3-9H,1-2H3,(H,14,15). The number of aromatic nitrogens is 2. The van der Waals surface area contributed by atoms with Crippen LogP contribution in [-0.2, 0) is 10.0 Å². The molecule has 1 atom stereocenters. The molecule has 0 aliphatic rings. The van der Waals surface area contributed by atoms with Crippen molar-refractivity contribution in [1.29, 1.82) is 0 Å². The third kappa shape index (κ3) is 2.80. The van der Waals surface area contributed by atoms with Crippen LogP contribution in [0.1, 0.15) is 18.5 Å². The van der Waals surface area contributed by atoms with Crippen LogP contribution in [0.15, 0.2) is 41.6 Å². The molecule has 1 N–H and O–H groups in total. The molecular weight excluding hydrogens is 286 g/mol. The molecule has 0 bridgehead atoms. The third-order valence-electron chi connectivity index (χ3n) is 3.01. The number of nitrogens with zero attached hydrogens (tertiary/aromatic N) is 2. The third-order valence-corrected chi connectivity index (χ3v) is 5.10. The zero-order valence-electron chi connectivity index (χ0n) is 10.5. The quantitative estimate of drug-likeness (QED) is 0.943. The van der Waals surface area contributed by atoms with Crippen molar-refractivity contribution >= 4 is 21.6 Å². The summed E-state index contributed by atoms with van der Waals surface area (Å²) in [6.07, 6.45) is 1.41. The van der Waals surface area contributed by atoms with Crippen LogP contribution in [-0.4, -0.2) is 30.0 Å². The summed E-state index contributed by atoms with van der Waals surface area (Å²) >= 11 is 5.92. The lowest BCUT2D eigenvalue weighted by Crippen LogP contribution is -2.30. The van der Waals surface area contributed by atoms with Crippen molar-refractivity contribution in [2.45, 2.75) is 18.0 Å². The average molecular weight is 300 g/mol. The molecule has 0 saturated carbocycles. The van der Waals surface area contributed by atoms with Crippen LogP contribution in [0.5, 0.6) is 0 Å². The topological polar surface area (TPSA) is 66.1 Å². The molecule has 1 heterocycles. The molecule has 2 rings (SSSR count). The van der Waals surface area contributed by atoms with Crippen LogP contribution in [0.3, 0.4) is 0 Å². The summed E-state index contributed by atoms with van der Waals surface area (Å²) in [4.78, 5) is 0. The summed E-state index contributed by atoms with van der Waals surface area (Å²) in [5, 5.41) is 6.79. The van der Waals surface area contributed by atoms with Gasteiger partial charge in [0.05, 0.1) is 6.20 Å². The number of aromatic amines is 1. The molecular formula is C12H14ClN3O2S. The first-order valence-corrected chi connectivity index (χ1v) is 7.47. The van der Waals surface area contributed by atoms with E-state index in [0.29, 0.717) is 5.02 Å². The van der Waals surface area contributed by atoms with Crippen LogP contribution in [0.4, 0.5) is 0 Å². The number of halogens is 1. The fraction of sp³-hybridized carbons (Fsp3) is 0.250. The number of H-pyrrole nitrogens is 1. The second kappa shape index (κ2) is 5.32. The highest BCUT2D eigenvalue weighted by Gasteiger charge is 2.27. The number of nitrogens with one attached hydrogen (secondary N) is 1. The number of hydrogen-bond acceptors (Lipinski definition) is 3. The van der Waals surface area contributed by atoms with Crippen molar-refractivity contribution in [3.8, 4) is 0 Å². The Kier molecular flexibility index (Phi) is 3.93. The first-order chi connectivity index (χ1) is 8.93. The minimum absolute atomic E-state index is 0.0730. The van der Waals surface area contributed by atoms with Gasteiger partial charge in [-0.05, 0) is 30.7 Å². The van der Waals surface area contributed by atoms with Gasteiger partial charge in [-0.25, -0.2) is 8.42 Å². The highest BCUT2D eigenvalue weighted by Crippen LogP contribution is 2.26. The van der Waals surface area contributed by atoms with Crippen LogP contribution >= 0.6 is 11.6 Å². The van der Waals surface area contributed by atoms with Crippen LogP contribution in [0, 0.1) is 0 Å². The Labute approximate surface area is 117 Å². The van der Waals surface area contributed by atoms with E-state index >= 15 is 0 Å². The SMILES string of the molecule is CC(c1cccc(Cl)c1)N(C)S(=O)(=O)c1ccn[nH]1. The van der Waals surface area contributed by atoms with E-state index in [-0.39, 0.29) is 11.1 Å². The fourth-order valence-electron chi connectivity index (χ4n) is 1.73. The van der Waals surface area contributed by atoms with E-state index in [1.807, 2.05) is 6.07 Å². The maximum absolute atomic E-state index is 12.3. The van der Waals surface area contributed by atoms with Gasteiger partial charge in [0.1, 0.15) is 0 Å². The van der Waals surface area contributed by atoms with Crippen molar-refractivity contribution in [3.63, 3.8) is 0 Å². The normalized spacial score (nSPS) is 13.7. The fourth-order valence-corrected chi connectivity index (χ4v) is 3.17. The second-order valence-corrected chi connectivity index (χ2v) is 6.58. The van der Waals surface area contributed by atoms with Gasteiger partial charge in [-0.3, -0.25) is 5.10 Å². The van der Waals surface area contributed by atoms with Crippen molar-refractivity contribution in [1.82, 2.24) is 14.5 Å². The van der Waals surface area contributed by atoms with Crippen molar-refractivity contribution in [2.24, 2.45) is 0 Å². The lowest BCUT2D eigenvalue weighted by molar-refractivity contribution is 0.396. The number of benzene rings is 1. The molecule has 0 fully saturated rings. The zero-order valence-corrected chi connectivity index (χ0v) is 12.1.